The van der Waals surface area contributed by atoms with Crippen LogP contribution >= 0.6 is 22.7 Å². The van der Waals surface area contributed by atoms with Gasteiger partial charge in [-0.3, -0.25) is 24.4 Å². The number of carbonyl (C=O) groups excluding carboxylic acids is 4. The lowest BCUT2D eigenvalue weighted by Crippen LogP contribution is -2.42. The van der Waals surface area contributed by atoms with E-state index in [-0.39, 0.29) is 57.9 Å². The van der Waals surface area contributed by atoms with Crippen molar-refractivity contribution in [3.8, 4) is 0 Å². The van der Waals surface area contributed by atoms with E-state index < -0.39 is 30.1 Å². The predicted molar refractivity (Wildman–Crippen MR) is 227 cm³/mol. The van der Waals surface area contributed by atoms with Gasteiger partial charge in [0.2, 0.25) is 0 Å². The first-order valence-electron chi connectivity index (χ1n) is 18.2. The van der Waals surface area contributed by atoms with Crippen molar-refractivity contribution in [3.63, 3.8) is 0 Å². The number of nitrogens with zero attached hydrogens (tertiary/aromatic N) is 2. The number of aliphatic carboxylic acids is 1. The van der Waals surface area contributed by atoms with Crippen molar-refractivity contribution in [3.05, 3.63) is 128 Å². The Balaban J connectivity index is 0.000000300. The Morgan fingerprint density at radius 1 is 0.707 bits per heavy atom. The molecule has 0 aliphatic rings. The molecule has 2 aromatic carbocycles. The fraction of sp³-hybridized carbons (Fsp3) is 0.295. The fourth-order valence-electron chi connectivity index (χ4n) is 5.57. The Kier molecular flexibility index (Phi) is 16.3. The van der Waals surface area contributed by atoms with Crippen molar-refractivity contribution in [1.82, 2.24) is 15.3 Å². The number of pyridine rings is 2. The number of nitrogens with one attached hydrogen (secondary N) is 1. The summed E-state index contributed by atoms with van der Waals surface area (Å²) in [5.41, 5.74) is 13.0. The van der Waals surface area contributed by atoms with Crippen molar-refractivity contribution in [1.29, 1.82) is 0 Å². The number of hydrogen-bond donors (Lipinski definition) is 3. The van der Waals surface area contributed by atoms with Gasteiger partial charge in [0.15, 0.2) is 11.6 Å². The number of aryl methyl sites for hydroxylation is 4. The molecular weight excluding hydrogens is 777 g/mol. The number of ketones is 2. The highest BCUT2D eigenvalue weighted by Gasteiger charge is 2.25. The van der Waals surface area contributed by atoms with Gasteiger partial charge in [-0.2, -0.15) is 0 Å². The second-order valence-electron chi connectivity index (χ2n) is 13.5. The standard InChI is InChI=1S/C29H28N2O5S.C14H16N2O3S.CH4/c1-19-16-30-24-15-26(37-27(24)20(19)2)25(32)14-13-23(28(33)35-17-21-9-5-3-6-10-21)31-29(34)36-18-22-11-7-4-8-12-22;1-7-6-16-10-5-12(20-13(10)8(7)2)11(17)4-3-9(15)14(18)19;/h3-12,15-16,23H,13-14,17-18H2,1-2H3,(H,31,34);5-6,9H,3-4,15H2,1-2H3,(H,18,19);1H4/t23-;9-;/m11./s1. The number of nitrogens with two attached hydrogens (primary N) is 1. The van der Waals surface area contributed by atoms with Crippen molar-refractivity contribution in [2.45, 2.75) is 86.1 Å². The van der Waals surface area contributed by atoms with Crippen LogP contribution in [0.1, 0.15) is 85.8 Å². The third kappa shape index (κ3) is 12.1. The maximum absolute atomic E-state index is 13.0. The maximum atomic E-state index is 13.0. The van der Waals surface area contributed by atoms with Gasteiger partial charge in [-0.05, 0) is 86.1 Å². The lowest BCUT2D eigenvalue weighted by molar-refractivity contribution is -0.147. The topological polar surface area (TPSA) is 188 Å². The Bertz CT molecular complexity index is 2380. The number of carboxylic acids is 1. The fourth-order valence-corrected chi connectivity index (χ4v) is 7.84. The van der Waals surface area contributed by atoms with E-state index in [1.54, 1.807) is 24.5 Å². The molecule has 0 saturated carbocycles. The zero-order valence-corrected chi connectivity index (χ0v) is 33.7. The van der Waals surface area contributed by atoms with Crippen LogP contribution in [-0.4, -0.2) is 56.8 Å². The summed E-state index contributed by atoms with van der Waals surface area (Å²) in [4.78, 5) is 71.0. The molecule has 0 unspecified atom stereocenters. The number of ether oxygens (including phenoxy) is 2. The van der Waals surface area contributed by atoms with Gasteiger partial charge in [-0.15, -0.1) is 22.7 Å². The van der Waals surface area contributed by atoms with Crippen molar-refractivity contribution >= 4 is 72.7 Å². The van der Waals surface area contributed by atoms with Gasteiger partial charge in [-0.1, -0.05) is 68.1 Å². The molecule has 2 atom stereocenters. The molecule has 0 fully saturated rings. The van der Waals surface area contributed by atoms with Crippen LogP contribution in [0.15, 0.2) is 85.2 Å². The Hall–Kier alpha value is -5.83. The van der Waals surface area contributed by atoms with Crippen LogP contribution in [0.3, 0.4) is 0 Å². The number of fused-ring (bicyclic) bond motifs is 2. The molecule has 58 heavy (non-hydrogen) atoms. The van der Waals surface area contributed by atoms with E-state index in [4.69, 9.17) is 20.3 Å². The van der Waals surface area contributed by atoms with Crippen molar-refractivity contribution in [2.75, 3.05) is 0 Å². The van der Waals surface area contributed by atoms with Crippen LogP contribution in [0.4, 0.5) is 4.79 Å². The Labute approximate surface area is 345 Å². The number of hydrogen-bond acceptors (Lipinski definition) is 12. The van der Waals surface area contributed by atoms with E-state index in [1.165, 1.54) is 22.7 Å². The molecule has 0 radical (unpaired) electrons. The summed E-state index contributed by atoms with van der Waals surface area (Å²) in [5, 5.41) is 11.3. The number of alkyl carbamates (subject to hydrolysis) is 1. The number of amides is 1. The molecule has 0 aliphatic carbocycles. The third-order valence-electron chi connectivity index (χ3n) is 9.31. The number of thiophene rings is 2. The number of Topliss-reactive ketones (excluding diaryl/α,β-unsaturated/α-hetero) is 2. The highest BCUT2D eigenvalue weighted by molar-refractivity contribution is 7.21. The molecule has 1 amide bonds. The first-order chi connectivity index (χ1) is 27.3. The summed E-state index contributed by atoms with van der Waals surface area (Å²) in [6.07, 6.45) is 3.24. The van der Waals surface area contributed by atoms with E-state index in [1.807, 2.05) is 88.4 Å². The normalized spacial score (nSPS) is 11.7. The smallest absolute Gasteiger partial charge is 0.408 e. The number of carboxylic acid groups (broad SMARTS) is 1. The van der Waals surface area contributed by atoms with Crippen LogP contribution < -0.4 is 11.1 Å². The molecule has 12 nitrogen and oxygen atoms in total. The average molecular weight is 825 g/mol. The summed E-state index contributed by atoms with van der Waals surface area (Å²) in [6.45, 7) is 8.10. The van der Waals surface area contributed by atoms with E-state index in [0.29, 0.717) is 9.75 Å². The zero-order valence-electron chi connectivity index (χ0n) is 32.1. The van der Waals surface area contributed by atoms with Crippen LogP contribution in [0.2, 0.25) is 0 Å². The number of carbonyl (C=O) groups is 5. The molecule has 0 aliphatic heterocycles. The van der Waals surface area contributed by atoms with E-state index in [2.05, 4.69) is 15.3 Å². The average Bonchev–Trinajstić information content (AvgIpc) is 3.87. The molecule has 14 heteroatoms. The summed E-state index contributed by atoms with van der Waals surface area (Å²) >= 11 is 2.80. The third-order valence-corrected chi connectivity index (χ3v) is 11.9. The molecule has 4 heterocycles. The monoisotopic (exact) mass is 824 g/mol. The Morgan fingerprint density at radius 2 is 1.16 bits per heavy atom. The second-order valence-corrected chi connectivity index (χ2v) is 15.6. The summed E-state index contributed by atoms with van der Waals surface area (Å²) in [7, 11) is 0. The molecule has 304 valence electrons. The number of esters is 1. The van der Waals surface area contributed by atoms with Gasteiger partial charge < -0.3 is 25.6 Å². The molecule has 6 rings (SSSR count). The van der Waals surface area contributed by atoms with Crippen LogP contribution in [0, 0.1) is 27.7 Å². The molecule has 4 N–H and O–H groups in total. The number of benzene rings is 2. The molecule has 6 aromatic rings. The van der Waals surface area contributed by atoms with Gasteiger partial charge in [-0.25, -0.2) is 9.59 Å². The van der Waals surface area contributed by atoms with Crippen LogP contribution in [0.25, 0.3) is 20.4 Å². The molecule has 0 bridgehead atoms. The van der Waals surface area contributed by atoms with Crippen LogP contribution in [-0.2, 0) is 32.3 Å². The minimum Gasteiger partial charge on any atom is -0.480 e. The minimum absolute atomic E-state index is 0. The van der Waals surface area contributed by atoms with Gasteiger partial charge in [0.25, 0.3) is 0 Å². The Morgan fingerprint density at radius 3 is 1.62 bits per heavy atom. The van der Waals surface area contributed by atoms with Crippen molar-refractivity contribution < 1.29 is 38.6 Å². The number of aromatic nitrogens is 2. The largest absolute Gasteiger partial charge is 0.480 e. The molecule has 0 saturated heterocycles. The predicted octanol–water partition coefficient (Wildman–Crippen LogP) is 8.84. The highest BCUT2D eigenvalue weighted by Crippen LogP contribution is 2.31. The lowest BCUT2D eigenvalue weighted by Gasteiger charge is -2.17. The first kappa shape index (κ1) is 44.9. The SMILES string of the molecule is C.Cc1cnc2cc(C(=O)CC[C@@H](N)C(=O)O)sc2c1C.Cc1cnc2cc(C(=O)CC[C@@H](NC(=O)OCc3ccccc3)C(=O)OCc3ccccc3)sc2c1C. The summed E-state index contributed by atoms with van der Waals surface area (Å²) in [5.74, 6) is -1.91. The van der Waals surface area contributed by atoms with Crippen molar-refractivity contribution in [2.24, 2.45) is 5.73 Å². The highest BCUT2D eigenvalue weighted by atomic mass is 32.1. The van der Waals surface area contributed by atoms with Crippen LogP contribution in [0.5, 0.6) is 0 Å². The van der Waals surface area contributed by atoms with E-state index in [0.717, 1.165) is 53.8 Å². The second kappa shape index (κ2) is 21.1. The van der Waals surface area contributed by atoms with Gasteiger partial charge in [0.05, 0.1) is 30.2 Å². The van der Waals surface area contributed by atoms with E-state index in [9.17, 15) is 24.0 Å². The lowest BCUT2D eigenvalue weighted by atomic mass is 10.1. The molecule has 4 aromatic heterocycles. The van der Waals surface area contributed by atoms with Gasteiger partial charge in [0, 0.05) is 25.2 Å². The molecular formula is C44H48N4O8S2. The summed E-state index contributed by atoms with van der Waals surface area (Å²) in [6, 6.07) is 20.0. The quantitative estimate of drug-likeness (QED) is 0.0663. The minimum atomic E-state index is -1.08. The maximum Gasteiger partial charge on any atom is 0.408 e. The first-order valence-corrected chi connectivity index (χ1v) is 19.9. The van der Waals surface area contributed by atoms with E-state index >= 15 is 0 Å². The zero-order chi connectivity index (χ0) is 41.1. The van der Waals surface area contributed by atoms with Gasteiger partial charge in [0.1, 0.15) is 25.3 Å². The number of rotatable bonds is 15. The summed E-state index contributed by atoms with van der Waals surface area (Å²) < 4.78 is 12.7. The van der Waals surface area contributed by atoms with Gasteiger partial charge >= 0.3 is 18.0 Å². The molecule has 0 spiro atoms.